The predicted molar refractivity (Wildman–Crippen MR) is 115 cm³/mol. The Kier molecular flexibility index (Phi) is 6.12. The second-order valence-electron chi connectivity index (χ2n) is 7.36. The highest BCUT2D eigenvalue weighted by atomic mass is 35.5. The number of cyclic esters (lactones) is 1. The molecule has 30 heavy (non-hydrogen) atoms. The lowest BCUT2D eigenvalue weighted by atomic mass is 10.2. The molecule has 2 amide bonds. The summed E-state index contributed by atoms with van der Waals surface area (Å²) in [5.41, 5.74) is 0.979. The first-order chi connectivity index (χ1) is 14.4. The topological polar surface area (TPSA) is 65.1 Å². The van der Waals surface area contributed by atoms with Gasteiger partial charge in [0.25, 0.3) is 5.91 Å². The van der Waals surface area contributed by atoms with Crippen LogP contribution in [0.2, 0.25) is 4.34 Å². The van der Waals surface area contributed by atoms with Gasteiger partial charge in [0.2, 0.25) is 0 Å². The normalized spacial score (nSPS) is 19.8. The number of piperazine rings is 1. The van der Waals surface area contributed by atoms with E-state index in [0.717, 1.165) is 26.2 Å². The van der Waals surface area contributed by atoms with Crippen molar-refractivity contribution in [3.05, 3.63) is 45.4 Å². The van der Waals surface area contributed by atoms with Gasteiger partial charge in [-0.15, -0.1) is 11.3 Å². The lowest BCUT2D eigenvalue weighted by molar-refractivity contribution is 0.0920. The fourth-order valence-corrected chi connectivity index (χ4v) is 4.50. The summed E-state index contributed by atoms with van der Waals surface area (Å²) < 4.78 is 20.6. The number of carbonyl (C=O) groups excluding carboxylic acids is 2. The number of hydrogen-bond acceptors (Lipinski definition) is 6. The third kappa shape index (κ3) is 4.53. The van der Waals surface area contributed by atoms with Gasteiger partial charge in [-0.2, -0.15) is 0 Å². The van der Waals surface area contributed by atoms with Gasteiger partial charge >= 0.3 is 6.09 Å². The van der Waals surface area contributed by atoms with Gasteiger partial charge in [0, 0.05) is 26.2 Å². The zero-order chi connectivity index (χ0) is 21.3. The number of thiophene rings is 1. The van der Waals surface area contributed by atoms with Crippen molar-refractivity contribution in [3.8, 4) is 0 Å². The largest absolute Gasteiger partial charge is 0.442 e. The maximum atomic E-state index is 14.8. The Morgan fingerprint density at radius 3 is 2.70 bits per heavy atom. The van der Waals surface area contributed by atoms with Crippen LogP contribution in [0.1, 0.15) is 9.67 Å². The monoisotopic (exact) mass is 452 g/mol. The molecule has 1 aromatic heterocycles. The van der Waals surface area contributed by atoms with E-state index in [1.807, 2.05) is 11.9 Å². The molecule has 1 atom stereocenters. The van der Waals surface area contributed by atoms with E-state index in [-0.39, 0.29) is 24.8 Å². The minimum atomic E-state index is -0.555. The molecular weight excluding hydrogens is 431 g/mol. The lowest BCUT2D eigenvalue weighted by Gasteiger charge is -2.34. The summed E-state index contributed by atoms with van der Waals surface area (Å²) in [6, 6.07) is 8.09. The minimum absolute atomic E-state index is 0.165. The molecule has 0 bridgehead atoms. The maximum absolute atomic E-state index is 14.8. The Hall–Kier alpha value is -2.36. The Morgan fingerprint density at radius 2 is 2.03 bits per heavy atom. The highest BCUT2D eigenvalue weighted by molar-refractivity contribution is 7.18. The van der Waals surface area contributed by atoms with Crippen LogP contribution >= 0.6 is 22.9 Å². The molecule has 4 rings (SSSR count). The van der Waals surface area contributed by atoms with Gasteiger partial charge < -0.3 is 19.9 Å². The number of ether oxygens (including phenoxy) is 1. The maximum Gasteiger partial charge on any atom is 0.414 e. The zero-order valence-corrected chi connectivity index (χ0v) is 18.0. The average molecular weight is 453 g/mol. The summed E-state index contributed by atoms with van der Waals surface area (Å²) in [5, 5.41) is 2.74. The smallest absolute Gasteiger partial charge is 0.414 e. The van der Waals surface area contributed by atoms with Crippen LogP contribution in [0.25, 0.3) is 0 Å². The standard InChI is InChI=1S/C20H22ClFN4O3S/c1-24-6-8-25(9-7-24)16-3-2-13(10-15(16)22)26-12-14(29-20(26)28)11-23-19(27)17-4-5-18(21)30-17/h2-5,10,14H,6-9,11-12H2,1H3,(H,23,27). The molecule has 2 fully saturated rings. The van der Waals surface area contributed by atoms with E-state index >= 15 is 0 Å². The second kappa shape index (κ2) is 8.79. The van der Waals surface area contributed by atoms with Crippen molar-refractivity contribution in [1.82, 2.24) is 10.2 Å². The highest BCUT2D eigenvalue weighted by Gasteiger charge is 2.33. The number of nitrogens with zero attached hydrogens (tertiary/aromatic N) is 3. The van der Waals surface area contributed by atoms with E-state index in [2.05, 4.69) is 10.2 Å². The first-order valence-corrected chi connectivity index (χ1v) is 10.8. The van der Waals surface area contributed by atoms with Crippen molar-refractivity contribution in [3.63, 3.8) is 0 Å². The Balaban J connectivity index is 1.37. The number of likely N-dealkylation sites (N-methyl/N-ethyl adjacent to an activating group) is 1. The fraction of sp³-hybridized carbons (Fsp3) is 0.400. The van der Waals surface area contributed by atoms with Gasteiger partial charge in [-0.05, 0) is 37.4 Å². The number of amides is 2. The quantitative estimate of drug-likeness (QED) is 0.755. The molecule has 0 spiro atoms. The number of nitrogens with one attached hydrogen (secondary N) is 1. The Bertz CT molecular complexity index is 948. The summed E-state index contributed by atoms with van der Waals surface area (Å²) in [4.78, 5) is 30.5. The molecule has 0 saturated carbocycles. The van der Waals surface area contributed by atoms with Crippen molar-refractivity contribution in [2.45, 2.75) is 6.10 Å². The van der Waals surface area contributed by atoms with Crippen molar-refractivity contribution in [2.75, 3.05) is 56.1 Å². The molecule has 1 aromatic carbocycles. The summed E-state index contributed by atoms with van der Waals surface area (Å²) >= 11 is 7.02. The second-order valence-corrected chi connectivity index (χ2v) is 9.07. The van der Waals surface area contributed by atoms with Crippen LogP contribution in [0.3, 0.4) is 0 Å². The van der Waals surface area contributed by atoms with Gasteiger partial charge in [0.05, 0.1) is 33.7 Å². The van der Waals surface area contributed by atoms with E-state index in [9.17, 15) is 14.0 Å². The predicted octanol–water partition coefficient (Wildman–Crippen LogP) is 3.05. The molecule has 160 valence electrons. The van der Waals surface area contributed by atoms with Crippen LogP contribution in [0.5, 0.6) is 0 Å². The molecule has 1 unspecified atom stereocenters. The molecule has 7 nitrogen and oxygen atoms in total. The van der Waals surface area contributed by atoms with Crippen LogP contribution in [0.4, 0.5) is 20.6 Å². The molecule has 3 heterocycles. The molecule has 0 radical (unpaired) electrons. The fourth-order valence-electron chi connectivity index (χ4n) is 3.54. The van der Waals surface area contributed by atoms with Crippen LogP contribution in [-0.2, 0) is 4.74 Å². The SMILES string of the molecule is CN1CCN(c2ccc(N3CC(CNC(=O)c4ccc(Cl)s4)OC3=O)cc2F)CC1. The van der Waals surface area contributed by atoms with E-state index in [0.29, 0.717) is 20.6 Å². The van der Waals surface area contributed by atoms with Crippen molar-refractivity contribution in [1.29, 1.82) is 0 Å². The molecule has 2 aliphatic rings. The summed E-state index contributed by atoms with van der Waals surface area (Å²) in [6.07, 6.45) is -1.07. The Labute approximate surface area is 183 Å². The van der Waals surface area contributed by atoms with Crippen molar-refractivity contribution < 1.29 is 18.7 Å². The number of benzene rings is 1. The third-order valence-corrected chi connectivity index (χ3v) is 6.48. The van der Waals surface area contributed by atoms with Gasteiger partial charge in [-0.3, -0.25) is 9.69 Å². The van der Waals surface area contributed by atoms with Gasteiger partial charge in [0.15, 0.2) is 0 Å². The number of halogens is 2. The molecule has 0 aliphatic carbocycles. The summed E-state index contributed by atoms with van der Waals surface area (Å²) in [6.45, 7) is 3.68. The number of carbonyl (C=O) groups is 2. The average Bonchev–Trinajstić information content (AvgIpc) is 3.32. The van der Waals surface area contributed by atoms with Crippen LogP contribution in [0.15, 0.2) is 30.3 Å². The zero-order valence-electron chi connectivity index (χ0n) is 16.4. The number of hydrogen-bond donors (Lipinski definition) is 1. The first kappa shape index (κ1) is 20.9. The van der Waals surface area contributed by atoms with E-state index in [1.54, 1.807) is 24.3 Å². The van der Waals surface area contributed by atoms with Gasteiger partial charge in [0.1, 0.15) is 11.9 Å². The van der Waals surface area contributed by atoms with Gasteiger partial charge in [-0.1, -0.05) is 11.6 Å². The van der Waals surface area contributed by atoms with E-state index in [4.69, 9.17) is 16.3 Å². The van der Waals surface area contributed by atoms with E-state index in [1.165, 1.54) is 22.3 Å². The summed E-state index contributed by atoms with van der Waals surface area (Å²) in [7, 11) is 2.05. The molecule has 10 heteroatoms. The minimum Gasteiger partial charge on any atom is -0.442 e. The first-order valence-electron chi connectivity index (χ1n) is 9.65. The highest BCUT2D eigenvalue weighted by Crippen LogP contribution is 2.28. The number of rotatable bonds is 5. The van der Waals surface area contributed by atoms with E-state index < -0.39 is 12.2 Å². The Morgan fingerprint density at radius 1 is 1.27 bits per heavy atom. The molecular formula is C20H22ClFN4O3S. The van der Waals surface area contributed by atoms with Gasteiger partial charge in [-0.25, -0.2) is 9.18 Å². The molecule has 2 saturated heterocycles. The molecule has 2 aliphatic heterocycles. The summed E-state index contributed by atoms with van der Waals surface area (Å²) in [5.74, 6) is -0.639. The lowest BCUT2D eigenvalue weighted by Crippen LogP contribution is -2.44. The van der Waals surface area contributed by atoms with Crippen LogP contribution in [0, 0.1) is 5.82 Å². The van der Waals surface area contributed by atoms with Crippen molar-refractivity contribution in [2.24, 2.45) is 0 Å². The van der Waals surface area contributed by atoms with Crippen LogP contribution < -0.4 is 15.1 Å². The molecule has 2 aromatic rings. The van der Waals surface area contributed by atoms with Crippen molar-refractivity contribution >= 4 is 46.3 Å². The number of anilines is 2. The third-order valence-electron chi connectivity index (χ3n) is 5.25. The van der Waals surface area contributed by atoms with Crippen LogP contribution in [-0.4, -0.2) is 69.3 Å². The molecule has 1 N–H and O–H groups in total.